The highest BCUT2D eigenvalue weighted by molar-refractivity contribution is 5.94. The first-order valence-electron chi connectivity index (χ1n) is 12.7. The number of aromatic nitrogens is 2. The van der Waals surface area contributed by atoms with Crippen molar-refractivity contribution in [3.8, 4) is 6.07 Å². The molecule has 1 saturated carbocycles. The van der Waals surface area contributed by atoms with Gasteiger partial charge in [-0.25, -0.2) is 8.78 Å². The number of carbonyl (C=O) groups excluding carboxylic acids is 1. The average Bonchev–Trinajstić information content (AvgIpc) is 2.92. The van der Waals surface area contributed by atoms with Crippen LogP contribution in [0.15, 0.2) is 59.7 Å². The van der Waals surface area contributed by atoms with Crippen molar-refractivity contribution in [3.63, 3.8) is 0 Å². The van der Waals surface area contributed by atoms with E-state index in [1.54, 1.807) is 24.5 Å². The number of hydrogen-bond acceptors (Lipinski definition) is 5. The van der Waals surface area contributed by atoms with E-state index in [2.05, 4.69) is 21.3 Å². The van der Waals surface area contributed by atoms with Gasteiger partial charge in [0.05, 0.1) is 23.3 Å². The fraction of sp³-hybridized carbons (Fsp3) is 0.429. The standard InChI is InChI=1S/C28H29F2N5O2/c29-28(30)10-4-1-9-24(28)33-25(36)21-17-20(22-7-3-6-14-35(22)26(21)37)18-34-15-11-27(19-31,12-16-34)23-8-2-5-13-32-23/h2-3,5-8,13-14,17,24H,1,4,9-12,15-16,18H2,(H,33,36). The molecule has 1 N–H and O–H groups in total. The van der Waals surface area contributed by atoms with E-state index >= 15 is 0 Å². The Morgan fingerprint density at radius 1 is 1.14 bits per heavy atom. The number of fused-ring (bicyclic) bond motifs is 1. The Morgan fingerprint density at radius 2 is 1.92 bits per heavy atom. The summed E-state index contributed by atoms with van der Waals surface area (Å²) in [4.78, 5) is 32.8. The van der Waals surface area contributed by atoms with E-state index in [9.17, 15) is 23.6 Å². The largest absolute Gasteiger partial charge is 0.343 e. The lowest BCUT2D eigenvalue weighted by atomic mass is 9.76. The van der Waals surface area contributed by atoms with Crippen LogP contribution in [0.3, 0.4) is 0 Å². The van der Waals surface area contributed by atoms with Gasteiger partial charge in [0, 0.05) is 38.4 Å². The maximum atomic E-state index is 14.4. The van der Waals surface area contributed by atoms with E-state index in [0.29, 0.717) is 50.8 Å². The molecule has 5 rings (SSSR count). The zero-order valence-electron chi connectivity index (χ0n) is 20.5. The van der Waals surface area contributed by atoms with Gasteiger partial charge in [-0.1, -0.05) is 18.6 Å². The number of nitrogens with zero attached hydrogens (tertiary/aromatic N) is 4. The summed E-state index contributed by atoms with van der Waals surface area (Å²) >= 11 is 0. The predicted octanol–water partition coefficient (Wildman–Crippen LogP) is 4.06. The normalized spacial score (nSPS) is 21.3. The van der Waals surface area contributed by atoms with Crippen molar-refractivity contribution in [1.82, 2.24) is 19.6 Å². The van der Waals surface area contributed by atoms with Gasteiger partial charge in [-0.3, -0.25) is 23.9 Å². The van der Waals surface area contributed by atoms with Crippen molar-refractivity contribution >= 4 is 11.4 Å². The summed E-state index contributed by atoms with van der Waals surface area (Å²) in [6.07, 6.45) is 5.45. The van der Waals surface area contributed by atoms with E-state index in [1.165, 1.54) is 4.40 Å². The third-order valence-corrected chi connectivity index (χ3v) is 7.74. The van der Waals surface area contributed by atoms with Gasteiger partial charge in [-0.2, -0.15) is 5.26 Å². The van der Waals surface area contributed by atoms with Gasteiger partial charge in [0.15, 0.2) is 0 Å². The number of nitrogens with one attached hydrogen (secondary N) is 1. The van der Waals surface area contributed by atoms with Crippen LogP contribution >= 0.6 is 0 Å². The Hall–Kier alpha value is -3.64. The molecule has 37 heavy (non-hydrogen) atoms. The van der Waals surface area contributed by atoms with Gasteiger partial charge in [-0.05, 0) is 61.6 Å². The Kier molecular flexibility index (Phi) is 6.78. The number of rotatable bonds is 5. The quantitative estimate of drug-likeness (QED) is 0.565. The first-order chi connectivity index (χ1) is 17.8. The maximum Gasteiger partial charge on any atom is 0.267 e. The molecule has 1 aliphatic carbocycles. The lowest BCUT2D eigenvalue weighted by molar-refractivity contribution is -0.0609. The molecular weight excluding hydrogens is 476 g/mol. The Bertz CT molecular complexity index is 1390. The lowest BCUT2D eigenvalue weighted by Crippen LogP contribution is -2.50. The van der Waals surface area contributed by atoms with Crippen LogP contribution in [0.4, 0.5) is 8.78 Å². The van der Waals surface area contributed by atoms with Gasteiger partial charge < -0.3 is 5.32 Å². The number of nitriles is 1. The molecule has 1 unspecified atom stereocenters. The molecule has 2 fully saturated rings. The van der Waals surface area contributed by atoms with Crippen LogP contribution in [0, 0.1) is 11.3 Å². The third-order valence-electron chi connectivity index (χ3n) is 7.74. The summed E-state index contributed by atoms with van der Waals surface area (Å²) < 4.78 is 30.1. The fourth-order valence-corrected chi connectivity index (χ4v) is 5.52. The van der Waals surface area contributed by atoms with E-state index in [-0.39, 0.29) is 18.4 Å². The van der Waals surface area contributed by atoms with Crippen molar-refractivity contribution < 1.29 is 13.6 Å². The van der Waals surface area contributed by atoms with Crippen molar-refractivity contribution in [3.05, 3.63) is 82.0 Å². The smallest absolute Gasteiger partial charge is 0.267 e. The number of piperidine rings is 1. The minimum Gasteiger partial charge on any atom is -0.343 e. The molecule has 1 amide bonds. The number of pyridine rings is 3. The molecule has 0 aromatic carbocycles. The second-order valence-corrected chi connectivity index (χ2v) is 10.1. The number of alkyl halides is 2. The lowest BCUT2D eigenvalue weighted by Gasteiger charge is -2.37. The highest BCUT2D eigenvalue weighted by Gasteiger charge is 2.42. The predicted molar refractivity (Wildman–Crippen MR) is 134 cm³/mol. The second kappa shape index (κ2) is 10.0. The summed E-state index contributed by atoms with van der Waals surface area (Å²) in [5.74, 6) is -3.76. The molecule has 0 radical (unpaired) electrons. The summed E-state index contributed by atoms with van der Waals surface area (Å²) in [6, 6.07) is 13.7. The molecule has 1 atom stereocenters. The summed E-state index contributed by atoms with van der Waals surface area (Å²) in [5, 5.41) is 12.4. The fourth-order valence-electron chi connectivity index (χ4n) is 5.52. The van der Waals surface area contributed by atoms with Crippen LogP contribution in [-0.4, -0.2) is 45.2 Å². The summed E-state index contributed by atoms with van der Waals surface area (Å²) in [6.45, 7) is 1.73. The highest BCUT2D eigenvalue weighted by atomic mass is 19.3. The molecule has 2 aliphatic rings. The van der Waals surface area contributed by atoms with E-state index in [1.807, 2.05) is 30.3 Å². The molecule has 4 heterocycles. The second-order valence-electron chi connectivity index (χ2n) is 10.1. The maximum absolute atomic E-state index is 14.4. The molecule has 0 spiro atoms. The summed E-state index contributed by atoms with van der Waals surface area (Å²) in [7, 11) is 0. The molecule has 1 aliphatic heterocycles. The Labute approximate surface area is 213 Å². The number of likely N-dealkylation sites (tertiary alicyclic amines) is 1. The van der Waals surface area contributed by atoms with Gasteiger partial charge in [0.25, 0.3) is 17.4 Å². The molecule has 3 aromatic heterocycles. The third kappa shape index (κ3) is 4.86. The minimum absolute atomic E-state index is 0.142. The van der Waals surface area contributed by atoms with E-state index < -0.39 is 28.8 Å². The van der Waals surface area contributed by atoms with Crippen molar-refractivity contribution in [2.45, 2.75) is 62.4 Å². The number of carbonyl (C=O) groups is 1. The molecule has 7 nitrogen and oxygen atoms in total. The molecule has 192 valence electrons. The summed E-state index contributed by atoms with van der Waals surface area (Å²) in [5.41, 5.74) is 0.860. The average molecular weight is 506 g/mol. The van der Waals surface area contributed by atoms with Gasteiger partial charge >= 0.3 is 0 Å². The van der Waals surface area contributed by atoms with Gasteiger partial charge in [0.1, 0.15) is 11.0 Å². The van der Waals surface area contributed by atoms with Crippen molar-refractivity contribution in [1.29, 1.82) is 5.26 Å². The monoisotopic (exact) mass is 505 g/mol. The minimum atomic E-state index is -2.99. The zero-order chi connectivity index (χ0) is 26.0. The molecular formula is C28H29F2N5O2. The Morgan fingerprint density at radius 3 is 2.62 bits per heavy atom. The van der Waals surface area contributed by atoms with Crippen LogP contribution < -0.4 is 10.9 Å². The van der Waals surface area contributed by atoms with Crippen LogP contribution in [-0.2, 0) is 12.0 Å². The first-order valence-corrected chi connectivity index (χ1v) is 12.7. The van der Waals surface area contributed by atoms with Crippen LogP contribution in [0.5, 0.6) is 0 Å². The number of halogens is 2. The van der Waals surface area contributed by atoms with Crippen LogP contribution in [0.1, 0.15) is 60.1 Å². The first kappa shape index (κ1) is 25.0. The Balaban J connectivity index is 1.40. The van der Waals surface area contributed by atoms with Crippen LogP contribution in [0.25, 0.3) is 5.52 Å². The van der Waals surface area contributed by atoms with E-state index in [4.69, 9.17) is 0 Å². The topological polar surface area (TPSA) is 90.5 Å². The van der Waals surface area contributed by atoms with Gasteiger partial charge in [0.2, 0.25) is 0 Å². The SMILES string of the molecule is N#CC1(c2ccccn2)CCN(Cc2cc(C(=O)NC3CCCCC3(F)F)c(=O)n3ccccc23)CC1. The molecule has 3 aromatic rings. The number of hydrogen-bond donors (Lipinski definition) is 1. The van der Waals surface area contributed by atoms with Crippen molar-refractivity contribution in [2.24, 2.45) is 0 Å². The highest BCUT2D eigenvalue weighted by Crippen LogP contribution is 2.35. The van der Waals surface area contributed by atoms with Crippen molar-refractivity contribution in [2.75, 3.05) is 13.1 Å². The molecule has 0 bridgehead atoms. The zero-order valence-corrected chi connectivity index (χ0v) is 20.5. The van der Waals surface area contributed by atoms with Gasteiger partial charge in [-0.15, -0.1) is 0 Å². The van der Waals surface area contributed by atoms with E-state index in [0.717, 1.165) is 11.3 Å². The number of amides is 1. The molecule has 9 heteroatoms. The molecule has 1 saturated heterocycles. The van der Waals surface area contributed by atoms with Crippen LogP contribution in [0.2, 0.25) is 0 Å².